The summed E-state index contributed by atoms with van der Waals surface area (Å²) in [5, 5.41) is 8.04. The van der Waals surface area contributed by atoms with Gasteiger partial charge in [-0.2, -0.15) is 5.10 Å². The summed E-state index contributed by atoms with van der Waals surface area (Å²) in [5.74, 6) is 0.244. The Morgan fingerprint density at radius 1 is 1.33 bits per heavy atom. The van der Waals surface area contributed by atoms with Crippen molar-refractivity contribution >= 4 is 12.0 Å². The molecule has 0 fully saturated rings. The lowest BCUT2D eigenvalue weighted by molar-refractivity contribution is -0.139. The number of aryl methyl sites for hydroxylation is 1. The van der Waals surface area contributed by atoms with Gasteiger partial charge in [0.25, 0.3) is 0 Å². The number of hydrogen-bond donors (Lipinski definition) is 0. The Hall–Kier alpha value is -3.15. The standard InChI is InChI=1S/C18H17N3O3/c1-14-9-17(20-24-14)13-23-18(22)8-7-16-10-19-21(12-16)11-15-5-3-2-4-6-15/h2-10,12H,11,13H2,1H3/b8-7+. The number of nitrogens with zero attached hydrogens (tertiary/aromatic N) is 3. The van der Waals surface area contributed by atoms with Gasteiger partial charge >= 0.3 is 5.97 Å². The zero-order chi connectivity index (χ0) is 16.8. The second kappa shape index (κ2) is 7.41. The zero-order valence-electron chi connectivity index (χ0n) is 13.3. The molecule has 0 aliphatic heterocycles. The van der Waals surface area contributed by atoms with E-state index in [2.05, 4.69) is 10.3 Å². The summed E-state index contributed by atoms with van der Waals surface area (Å²) in [7, 11) is 0. The van der Waals surface area contributed by atoms with Gasteiger partial charge in [0, 0.05) is 23.9 Å². The molecule has 0 bridgehead atoms. The highest BCUT2D eigenvalue weighted by Gasteiger charge is 2.04. The van der Waals surface area contributed by atoms with Gasteiger partial charge < -0.3 is 9.26 Å². The smallest absolute Gasteiger partial charge is 0.331 e. The summed E-state index contributed by atoms with van der Waals surface area (Å²) in [6.45, 7) is 2.56. The number of aromatic nitrogens is 3. The van der Waals surface area contributed by atoms with Crippen molar-refractivity contribution in [2.75, 3.05) is 0 Å². The largest absolute Gasteiger partial charge is 0.456 e. The topological polar surface area (TPSA) is 70.2 Å². The quantitative estimate of drug-likeness (QED) is 0.515. The molecule has 0 unspecified atom stereocenters. The van der Waals surface area contributed by atoms with Crippen LogP contribution in [0.1, 0.15) is 22.6 Å². The molecule has 24 heavy (non-hydrogen) atoms. The van der Waals surface area contributed by atoms with Gasteiger partial charge in [-0.25, -0.2) is 4.79 Å². The van der Waals surface area contributed by atoms with E-state index in [0.29, 0.717) is 18.0 Å². The molecule has 3 rings (SSSR count). The van der Waals surface area contributed by atoms with E-state index in [1.54, 1.807) is 25.3 Å². The first-order valence-corrected chi connectivity index (χ1v) is 7.52. The van der Waals surface area contributed by atoms with E-state index in [4.69, 9.17) is 9.26 Å². The van der Waals surface area contributed by atoms with E-state index in [-0.39, 0.29) is 6.61 Å². The second-order valence-electron chi connectivity index (χ2n) is 5.33. The maximum absolute atomic E-state index is 11.7. The molecule has 0 atom stereocenters. The van der Waals surface area contributed by atoms with Crippen LogP contribution in [0.4, 0.5) is 0 Å². The lowest BCUT2D eigenvalue weighted by atomic mass is 10.2. The monoisotopic (exact) mass is 323 g/mol. The van der Waals surface area contributed by atoms with Crippen LogP contribution in [0.2, 0.25) is 0 Å². The molecule has 0 amide bonds. The minimum Gasteiger partial charge on any atom is -0.456 e. The van der Waals surface area contributed by atoms with Gasteiger partial charge in [0.1, 0.15) is 18.1 Å². The van der Waals surface area contributed by atoms with Crippen LogP contribution in [0, 0.1) is 6.92 Å². The molecule has 6 heteroatoms. The SMILES string of the molecule is Cc1cc(COC(=O)/C=C/c2cnn(Cc3ccccc3)c2)no1. The molecule has 0 radical (unpaired) electrons. The lowest BCUT2D eigenvalue weighted by Crippen LogP contribution is -2.00. The van der Waals surface area contributed by atoms with E-state index in [1.807, 2.05) is 41.2 Å². The van der Waals surface area contributed by atoms with Gasteiger partial charge in [0.05, 0.1) is 12.7 Å². The van der Waals surface area contributed by atoms with Crippen LogP contribution in [0.25, 0.3) is 6.08 Å². The Bertz CT molecular complexity index is 834. The fourth-order valence-electron chi connectivity index (χ4n) is 2.17. The highest BCUT2D eigenvalue weighted by molar-refractivity contribution is 5.86. The number of benzene rings is 1. The molecule has 1 aromatic carbocycles. The first-order chi connectivity index (χ1) is 11.7. The number of esters is 1. The fraction of sp³-hybridized carbons (Fsp3) is 0.167. The Balaban J connectivity index is 1.52. The molecule has 0 aliphatic carbocycles. The Morgan fingerprint density at radius 3 is 2.92 bits per heavy atom. The third-order valence-corrected chi connectivity index (χ3v) is 3.29. The summed E-state index contributed by atoms with van der Waals surface area (Å²) >= 11 is 0. The number of carbonyl (C=O) groups excluding carboxylic acids is 1. The predicted molar refractivity (Wildman–Crippen MR) is 87.8 cm³/mol. The number of rotatable bonds is 6. The molecule has 0 aliphatic rings. The lowest BCUT2D eigenvalue weighted by Gasteiger charge is -2.00. The van der Waals surface area contributed by atoms with E-state index in [9.17, 15) is 4.79 Å². The van der Waals surface area contributed by atoms with E-state index in [1.165, 1.54) is 11.6 Å². The maximum atomic E-state index is 11.7. The minimum atomic E-state index is -0.438. The first-order valence-electron chi connectivity index (χ1n) is 7.52. The van der Waals surface area contributed by atoms with Crippen LogP contribution in [-0.2, 0) is 22.7 Å². The van der Waals surface area contributed by atoms with Crippen molar-refractivity contribution in [1.29, 1.82) is 0 Å². The van der Waals surface area contributed by atoms with Gasteiger partial charge in [-0.15, -0.1) is 0 Å². The molecule has 0 saturated carbocycles. The summed E-state index contributed by atoms with van der Waals surface area (Å²) in [5.41, 5.74) is 2.59. The van der Waals surface area contributed by atoms with Crippen molar-refractivity contribution < 1.29 is 14.1 Å². The molecule has 122 valence electrons. The van der Waals surface area contributed by atoms with E-state index in [0.717, 1.165) is 5.56 Å². The van der Waals surface area contributed by atoms with Crippen molar-refractivity contribution in [3.05, 3.63) is 77.4 Å². The van der Waals surface area contributed by atoms with Gasteiger partial charge in [-0.1, -0.05) is 35.5 Å². The minimum absolute atomic E-state index is 0.0911. The summed E-state index contributed by atoms with van der Waals surface area (Å²) in [6, 6.07) is 11.8. The fourth-order valence-corrected chi connectivity index (χ4v) is 2.17. The zero-order valence-corrected chi connectivity index (χ0v) is 13.3. The summed E-state index contributed by atoms with van der Waals surface area (Å²) < 4.78 is 11.8. The van der Waals surface area contributed by atoms with Crippen molar-refractivity contribution in [2.45, 2.75) is 20.1 Å². The van der Waals surface area contributed by atoms with Gasteiger partial charge in [-0.05, 0) is 18.6 Å². The van der Waals surface area contributed by atoms with E-state index >= 15 is 0 Å². The van der Waals surface area contributed by atoms with Gasteiger partial charge in [0.2, 0.25) is 0 Å². The Kier molecular flexibility index (Phi) is 4.86. The average Bonchev–Trinajstić information content (AvgIpc) is 3.21. The molecular formula is C18H17N3O3. The van der Waals surface area contributed by atoms with Crippen molar-refractivity contribution in [3.8, 4) is 0 Å². The normalized spacial score (nSPS) is 11.0. The highest BCUT2D eigenvalue weighted by atomic mass is 16.5. The number of hydrogen-bond acceptors (Lipinski definition) is 5. The van der Waals surface area contributed by atoms with Gasteiger partial charge in [-0.3, -0.25) is 4.68 Å². The second-order valence-corrected chi connectivity index (χ2v) is 5.33. The van der Waals surface area contributed by atoms with Crippen molar-refractivity contribution in [2.24, 2.45) is 0 Å². The molecule has 3 aromatic rings. The summed E-state index contributed by atoms with van der Waals surface area (Å²) in [6.07, 6.45) is 6.62. The molecular weight excluding hydrogens is 306 g/mol. The molecule has 0 saturated heterocycles. The van der Waals surface area contributed by atoms with E-state index < -0.39 is 5.97 Å². The van der Waals surface area contributed by atoms with Crippen LogP contribution in [0.5, 0.6) is 0 Å². The molecule has 2 heterocycles. The maximum Gasteiger partial charge on any atom is 0.331 e. The van der Waals surface area contributed by atoms with Crippen LogP contribution in [-0.4, -0.2) is 20.9 Å². The van der Waals surface area contributed by atoms with Crippen molar-refractivity contribution in [3.63, 3.8) is 0 Å². The van der Waals surface area contributed by atoms with Crippen LogP contribution in [0.3, 0.4) is 0 Å². The predicted octanol–water partition coefficient (Wildman–Crippen LogP) is 2.98. The Labute approximate surface area is 139 Å². The average molecular weight is 323 g/mol. The third kappa shape index (κ3) is 4.42. The first kappa shape index (κ1) is 15.7. The summed E-state index contributed by atoms with van der Waals surface area (Å²) in [4.78, 5) is 11.7. The van der Waals surface area contributed by atoms with Gasteiger partial charge in [0.15, 0.2) is 0 Å². The van der Waals surface area contributed by atoms with Crippen LogP contribution in [0.15, 0.2) is 59.4 Å². The molecule has 0 spiro atoms. The van der Waals surface area contributed by atoms with Crippen LogP contribution < -0.4 is 0 Å². The Morgan fingerprint density at radius 2 is 2.17 bits per heavy atom. The van der Waals surface area contributed by atoms with Crippen molar-refractivity contribution in [1.82, 2.24) is 14.9 Å². The van der Waals surface area contributed by atoms with Crippen LogP contribution >= 0.6 is 0 Å². The molecule has 0 N–H and O–H groups in total. The molecule has 6 nitrogen and oxygen atoms in total. The number of carbonyl (C=O) groups is 1. The number of ether oxygens (including phenoxy) is 1. The highest BCUT2D eigenvalue weighted by Crippen LogP contribution is 2.06. The third-order valence-electron chi connectivity index (χ3n) is 3.29. The molecule has 2 aromatic heterocycles.